The van der Waals surface area contributed by atoms with Crippen molar-refractivity contribution in [1.82, 2.24) is 10.2 Å². The topological polar surface area (TPSA) is 49.4 Å². The van der Waals surface area contributed by atoms with E-state index in [4.69, 9.17) is 0 Å². The molecule has 152 valence electrons. The van der Waals surface area contributed by atoms with Crippen molar-refractivity contribution in [3.8, 4) is 0 Å². The minimum Gasteiger partial charge on any atom is -0.349 e. The van der Waals surface area contributed by atoms with Gasteiger partial charge in [0.15, 0.2) is 0 Å². The molecule has 0 spiro atoms. The zero-order chi connectivity index (χ0) is 20.2. The van der Waals surface area contributed by atoms with Gasteiger partial charge < -0.3 is 10.2 Å². The first-order valence-electron chi connectivity index (χ1n) is 10.8. The second-order valence-corrected chi connectivity index (χ2v) is 8.47. The van der Waals surface area contributed by atoms with Gasteiger partial charge in [-0.2, -0.15) is 0 Å². The Hall–Kier alpha value is -2.62. The standard InChI is InChI=1S/C25H30N2O2/c1-18(19-7-3-2-4-8-19)26-24(28)21-11-13-22(14-12-21)25(29)27-16-15-20-9-5-6-10-23(20)17-27/h2-10,18,21-22H,11-17H2,1H3,(H,26,28). The zero-order valence-electron chi connectivity index (χ0n) is 17.1. The van der Waals surface area contributed by atoms with Crippen LogP contribution in [0.25, 0.3) is 0 Å². The maximum absolute atomic E-state index is 13.0. The van der Waals surface area contributed by atoms with Gasteiger partial charge in [-0.15, -0.1) is 0 Å². The van der Waals surface area contributed by atoms with Gasteiger partial charge in [-0.1, -0.05) is 54.6 Å². The highest BCUT2D eigenvalue weighted by molar-refractivity contribution is 5.81. The lowest BCUT2D eigenvalue weighted by atomic mass is 9.80. The number of carbonyl (C=O) groups excluding carboxylic acids is 2. The predicted molar refractivity (Wildman–Crippen MR) is 114 cm³/mol. The SMILES string of the molecule is CC(NC(=O)C1CCC(C(=O)N2CCc3ccccc3C2)CC1)c1ccccc1. The first kappa shape index (κ1) is 19.7. The molecular formula is C25H30N2O2. The van der Waals surface area contributed by atoms with Crippen LogP contribution in [0.5, 0.6) is 0 Å². The monoisotopic (exact) mass is 390 g/mol. The average Bonchev–Trinajstić information content (AvgIpc) is 2.79. The largest absolute Gasteiger partial charge is 0.349 e. The van der Waals surface area contributed by atoms with Gasteiger partial charge in [0.2, 0.25) is 11.8 Å². The molecule has 2 aliphatic rings. The van der Waals surface area contributed by atoms with E-state index in [1.54, 1.807) is 0 Å². The Morgan fingerprint density at radius 3 is 2.24 bits per heavy atom. The molecule has 0 radical (unpaired) electrons. The summed E-state index contributed by atoms with van der Waals surface area (Å²) in [7, 11) is 0. The summed E-state index contributed by atoms with van der Waals surface area (Å²) >= 11 is 0. The summed E-state index contributed by atoms with van der Waals surface area (Å²) in [5.74, 6) is 0.485. The maximum atomic E-state index is 13.0. The number of rotatable bonds is 4. The van der Waals surface area contributed by atoms with E-state index in [2.05, 4.69) is 23.5 Å². The Morgan fingerprint density at radius 1 is 0.897 bits per heavy atom. The lowest BCUT2D eigenvalue weighted by molar-refractivity contribution is -0.139. The Labute approximate surface area is 173 Å². The van der Waals surface area contributed by atoms with Crippen molar-refractivity contribution in [3.63, 3.8) is 0 Å². The van der Waals surface area contributed by atoms with Crippen LogP contribution < -0.4 is 5.32 Å². The number of nitrogens with zero attached hydrogens (tertiary/aromatic N) is 1. The molecule has 1 fully saturated rings. The summed E-state index contributed by atoms with van der Waals surface area (Å²) in [6.45, 7) is 3.56. The summed E-state index contributed by atoms with van der Waals surface area (Å²) in [5, 5.41) is 3.15. The van der Waals surface area contributed by atoms with E-state index >= 15 is 0 Å². The molecule has 4 nitrogen and oxygen atoms in total. The number of fused-ring (bicyclic) bond motifs is 1. The van der Waals surface area contributed by atoms with Crippen molar-refractivity contribution < 1.29 is 9.59 Å². The highest BCUT2D eigenvalue weighted by atomic mass is 16.2. The lowest BCUT2D eigenvalue weighted by Gasteiger charge is -2.34. The molecule has 4 rings (SSSR count). The number of hydrogen-bond donors (Lipinski definition) is 1. The molecule has 1 aliphatic carbocycles. The molecule has 1 atom stereocenters. The molecule has 4 heteroatoms. The normalized spacial score (nSPS) is 22.4. The van der Waals surface area contributed by atoms with Gasteiger partial charge in [0.05, 0.1) is 6.04 Å². The summed E-state index contributed by atoms with van der Waals surface area (Å²) in [6.07, 6.45) is 4.17. The highest BCUT2D eigenvalue weighted by Crippen LogP contribution is 2.32. The minimum atomic E-state index is 0.0106. The van der Waals surface area contributed by atoms with Crippen LogP contribution in [0, 0.1) is 11.8 Å². The summed E-state index contributed by atoms with van der Waals surface area (Å²) < 4.78 is 0. The van der Waals surface area contributed by atoms with Crippen molar-refractivity contribution in [2.45, 2.75) is 51.6 Å². The van der Waals surface area contributed by atoms with Crippen molar-refractivity contribution in [2.24, 2.45) is 11.8 Å². The quantitative estimate of drug-likeness (QED) is 0.848. The van der Waals surface area contributed by atoms with Gasteiger partial charge in [0.1, 0.15) is 0 Å². The molecular weight excluding hydrogens is 360 g/mol. The average molecular weight is 391 g/mol. The molecule has 0 aromatic heterocycles. The van der Waals surface area contributed by atoms with E-state index in [1.165, 1.54) is 11.1 Å². The third-order valence-corrected chi connectivity index (χ3v) is 6.55. The Bertz CT molecular complexity index is 856. The second kappa shape index (κ2) is 8.81. The molecule has 2 amide bonds. The fourth-order valence-corrected chi connectivity index (χ4v) is 4.70. The van der Waals surface area contributed by atoms with Crippen LogP contribution in [0.3, 0.4) is 0 Å². The highest BCUT2D eigenvalue weighted by Gasteiger charge is 2.33. The van der Waals surface area contributed by atoms with Crippen molar-refractivity contribution >= 4 is 11.8 Å². The fraction of sp³-hybridized carbons (Fsp3) is 0.440. The Morgan fingerprint density at radius 2 is 1.52 bits per heavy atom. The van der Waals surface area contributed by atoms with Gasteiger partial charge in [0.25, 0.3) is 0 Å². The summed E-state index contributed by atoms with van der Waals surface area (Å²) in [6, 6.07) is 18.5. The van der Waals surface area contributed by atoms with E-state index in [0.29, 0.717) is 0 Å². The zero-order valence-corrected chi connectivity index (χ0v) is 17.1. The number of hydrogen-bond acceptors (Lipinski definition) is 2. The van der Waals surface area contributed by atoms with Crippen molar-refractivity contribution in [2.75, 3.05) is 6.54 Å². The van der Waals surface area contributed by atoms with Gasteiger partial charge in [-0.25, -0.2) is 0 Å². The van der Waals surface area contributed by atoms with Gasteiger partial charge in [0, 0.05) is 24.9 Å². The molecule has 1 saturated carbocycles. The van der Waals surface area contributed by atoms with Gasteiger partial charge >= 0.3 is 0 Å². The minimum absolute atomic E-state index is 0.0106. The third-order valence-electron chi connectivity index (χ3n) is 6.55. The van der Waals surface area contributed by atoms with Crippen LogP contribution >= 0.6 is 0 Å². The smallest absolute Gasteiger partial charge is 0.225 e. The van der Waals surface area contributed by atoms with E-state index in [1.807, 2.05) is 48.2 Å². The number of benzene rings is 2. The molecule has 2 aromatic rings. The van der Waals surface area contributed by atoms with Crippen LogP contribution in [0.2, 0.25) is 0 Å². The number of nitrogens with one attached hydrogen (secondary N) is 1. The summed E-state index contributed by atoms with van der Waals surface area (Å²) in [5.41, 5.74) is 3.76. The molecule has 0 saturated heterocycles. The van der Waals surface area contributed by atoms with E-state index in [0.717, 1.165) is 50.8 Å². The third kappa shape index (κ3) is 4.52. The molecule has 29 heavy (non-hydrogen) atoms. The Kier molecular flexibility index (Phi) is 5.98. The van der Waals surface area contributed by atoms with Crippen molar-refractivity contribution in [1.29, 1.82) is 0 Å². The molecule has 1 heterocycles. The predicted octanol–water partition coefficient (Wildman–Crippen LogP) is 4.26. The first-order chi connectivity index (χ1) is 14.1. The van der Waals surface area contributed by atoms with Crippen molar-refractivity contribution in [3.05, 3.63) is 71.3 Å². The lowest BCUT2D eigenvalue weighted by Crippen LogP contribution is -2.42. The van der Waals surface area contributed by atoms with Gasteiger partial charge in [-0.05, 0) is 55.7 Å². The summed E-state index contributed by atoms with van der Waals surface area (Å²) in [4.78, 5) is 27.7. The van der Waals surface area contributed by atoms with E-state index < -0.39 is 0 Å². The van der Waals surface area contributed by atoms with Crippen LogP contribution in [0.4, 0.5) is 0 Å². The van der Waals surface area contributed by atoms with Gasteiger partial charge in [-0.3, -0.25) is 9.59 Å². The molecule has 1 N–H and O–H groups in total. The van der Waals surface area contributed by atoms with Crippen LogP contribution in [0.1, 0.15) is 55.3 Å². The molecule has 1 unspecified atom stereocenters. The Balaban J connectivity index is 1.28. The molecule has 2 aromatic carbocycles. The van der Waals surface area contributed by atoms with Crippen LogP contribution in [-0.4, -0.2) is 23.3 Å². The second-order valence-electron chi connectivity index (χ2n) is 8.47. The first-order valence-corrected chi connectivity index (χ1v) is 10.8. The molecule has 1 aliphatic heterocycles. The number of carbonyl (C=O) groups is 2. The van der Waals surface area contributed by atoms with Crippen LogP contribution in [-0.2, 0) is 22.6 Å². The maximum Gasteiger partial charge on any atom is 0.225 e. The molecule has 0 bridgehead atoms. The number of amides is 2. The fourth-order valence-electron chi connectivity index (χ4n) is 4.70. The van der Waals surface area contributed by atoms with Crippen LogP contribution in [0.15, 0.2) is 54.6 Å². The van der Waals surface area contributed by atoms with E-state index in [9.17, 15) is 9.59 Å². The van der Waals surface area contributed by atoms with E-state index in [-0.39, 0.29) is 29.7 Å².